The summed E-state index contributed by atoms with van der Waals surface area (Å²) in [5.41, 5.74) is 0.213. The van der Waals surface area contributed by atoms with Crippen LogP contribution in [0.4, 0.5) is 8.78 Å². The van der Waals surface area contributed by atoms with Gasteiger partial charge >= 0.3 is 5.97 Å². The van der Waals surface area contributed by atoms with Crippen molar-refractivity contribution < 1.29 is 26.7 Å². The molecule has 0 bridgehead atoms. The predicted octanol–water partition coefficient (Wildman–Crippen LogP) is 3.95. The Morgan fingerprint density at radius 2 is 1.96 bits per heavy atom. The van der Waals surface area contributed by atoms with Gasteiger partial charge in [0.25, 0.3) is 0 Å². The lowest BCUT2D eigenvalue weighted by molar-refractivity contribution is -0.144. The largest absolute Gasteiger partial charge is 0.451 e. The van der Waals surface area contributed by atoms with Crippen LogP contribution in [0.2, 0.25) is 0 Å². The summed E-state index contributed by atoms with van der Waals surface area (Å²) in [5.74, 6) is -2.92. The molecule has 7 heteroatoms. The topological polar surface area (TPSA) is 60.4 Å². The average molecular weight is 394 g/mol. The average Bonchev–Trinajstić information content (AvgIpc) is 2.88. The molecule has 2 atom stereocenters. The van der Waals surface area contributed by atoms with E-state index in [1.807, 2.05) is 6.92 Å². The number of hydrogen-bond donors (Lipinski definition) is 0. The lowest BCUT2D eigenvalue weighted by Gasteiger charge is -2.30. The Balaban J connectivity index is 2.13. The normalized spacial score (nSPS) is 25.6. The molecule has 1 heterocycles. The van der Waals surface area contributed by atoms with Crippen LogP contribution in [0.5, 0.6) is 0 Å². The number of esters is 1. The van der Waals surface area contributed by atoms with Gasteiger partial charge in [-0.1, -0.05) is 25.1 Å². The lowest BCUT2D eigenvalue weighted by Crippen LogP contribution is -2.30. The van der Waals surface area contributed by atoms with Gasteiger partial charge in [0, 0.05) is 12.2 Å². The van der Waals surface area contributed by atoms with Gasteiger partial charge in [-0.15, -0.1) is 0 Å². The molecule has 1 aliphatic heterocycles. The van der Waals surface area contributed by atoms with Crippen molar-refractivity contribution >= 4 is 21.4 Å². The Morgan fingerprint density at radius 1 is 1.26 bits per heavy atom. The fourth-order valence-electron chi connectivity index (χ4n) is 3.54. The zero-order valence-electron chi connectivity index (χ0n) is 15.3. The standard InChI is InChI=1S/C20H20F2O4S/c1-4-20(2)18(12-5-8-14(9-6-12)27(3,24)25)17(19(23)26-20)13-7-10-15(21)16(22)11-13/h5,7-12H,4,6H2,1-3H3/t12?,20-/m1/s1. The van der Waals surface area contributed by atoms with E-state index in [2.05, 4.69) is 0 Å². The summed E-state index contributed by atoms with van der Waals surface area (Å²) in [7, 11) is -3.33. The maximum Gasteiger partial charge on any atom is 0.339 e. The van der Waals surface area contributed by atoms with Gasteiger partial charge in [-0.3, -0.25) is 0 Å². The van der Waals surface area contributed by atoms with E-state index < -0.39 is 33.0 Å². The van der Waals surface area contributed by atoms with E-state index >= 15 is 0 Å². The van der Waals surface area contributed by atoms with Crippen molar-refractivity contribution in [3.8, 4) is 0 Å². The van der Waals surface area contributed by atoms with Crippen LogP contribution in [-0.4, -0.2) is 26.2 Å². The minimum Gasteiger partial charge on any atom is -0.451 e. The van der Waals surface area contributed by atoms with E-state index in [1.165, 1.54) is 12.1 Å². The van der Waals surface area contributed by atoms with Gasteiger partial charge in [-0.2, -0.15) is 0 Å². The minimum atomic E-state index is -3.33. The molecule has 0 N–H and O–H groups in total. The monoisotopic (exact) mass is 394 g/mol. The molecule has 0 radical (unpaired) electrons. The van der Waals surface area contributed by atoms with E-state index in [0.29, 0.717) is 18.4 Å². The molecular weight excluding hydrogens is 374 g/mol. The number of allylic oxidation sites excluding steroid dienone is 3. The molecule has 4 nitrogen and oxygen atoms in total. The number of carbonyl (C=O) groups is 1. The zero-order chi connectivity index (χ0) is 20.0. The summed E-state index contributed by atoms with van der Waals surface area (Å²) >= 11 is 0. The molecule has 3 rings (SSSR count). The third kappa shape index (κ3) is 3.48. The predicted molar refractivity (Wildman–Crippen MR) is 98.2 cm³/mol. The minimum absolute atomic E-state index is 0.212. The summed E-state index contributed by atoms with van der Waals surface area (Å²) in [5, 5.41) is 0. The van der Waals surface area contributed by atoms with Crippen molar-refractivity contribution in [1.82, 2.24) is 0 Å². The fraction of sp³-hybridized carbons (Fsp3) is 0.350. The lowest BCUT2D eigenvalue weighted by atomic mass is 9.78. The van der Waals surface area contributed by atoms with Crippen LogP contribution in [-0.2, 0) is 19.4 Å². The van der Waals surface area contributed by atoms with Crippen LogP contribution in [0.25, 0.3) is 5.57 Å². The second-order valence-electron chi connectivity index (χ2n) is 6.97. The summed E-state index contributed by atoms with van der Waals surface area (Å²) in [6, 6.07) is 3.31. The number of ether oxygens (including phenoxy) is 1. The zero-order valence-corrected chi connectivity index (χ0v) is 16.1. The number of hydrogen-bond acceptors (Lipinski definition) is 4. The van der Waals surface area contributed by atoms with E-state index in [0.717, 1.165) is 18.4 Å². The first-order chi connectivity index (χ1) is 12.6. The summed E-state index contributed by atoms with van der Waals surface area (Å²) < 4.78 is 56.1. The maximum atomic E-state index is 13.7. The van der Waals surface area contributed by atoms with Gasteiger partial charge in [0.15, 0.2) is 21.5 Å². The second-order valence-corrected chi connectivity index (χ2v) is 8.99. The Kier molecular flexibility index (Phi) is 4.84. The molecule has 1 aliphatic carbocycles. The molecule has 0 amide bonds. The van der Waals surface area contributed by atoms with Crippen molar-refractivity contribution in [2.75, 3.05) is 6.26 Å². The van der Waals surface area contributed by atoms with Gasteiger partial charge in [0.2, 0.25) is 0 Å². The van der Waals surface area contributed by atoms with Crippen LogP contribution >= 0.6 is 0 Å². The Morgan fingerprint density at radius 3 is 2.48 bits per heavy atom. The van der Waals surface area contributed by atoms with Crippen LogP contribution in [0, 0.1) is 17.6 Å². The number of benzene rings is 1. The number of cyclic esters (lactones) is 1. The summed E-state index contributed by atoms with van der Waals surface area (Å²) in [6.45, 7) is 3.64. The van der Waals surface area contributed by atoms with E-state index in [9.17, 15) is 22.0 Å². The third-order valence-corrected chi connectivity index (χ3v) is 6.27. The van der Waals surface area contributed by atoms with Gasteiger partial charge in [0.05, 0.1) is 10.5 Å². The molecule has 27 heavy (non-hydrogen) atoms. The van der Waals surface area contributed by atoms with Crippen molar-refractivity contribution in [2.45, 2.75) is 32.3 Å². The number of rotatable bonds is 4. The van der Waals surface area contributed by atoms with E-state index in [-0.39, 0.29) is 22.0 Å². The molecular formula is C20H20F2O4S. The molecule has 0 saturated carbocycles. The molecule has 1 unspecified atom stereocenters. The maximum absolute atomic E-state index is 13.7. The number of carbonyl (C=O) groups excluding carboxylic acids is 1. The van der Waals surface area contributed by atoms with Crippen molar-refractivity contribution in [2.24, 2.45) is 5.92 Å². The van der Waals surface area contributed by atoms with Crippen molar-refractivity contribution in [3.05, 3.63) is 64.1 Å². The first kappa shape index (κ1) is 19.5. The van der Waals surface area contributed by atoms with E-state index in [4.69, 9.17) is 4.74 Å². The molecule has 1 aromatic carbocycles. The molecule has 1 aromatic rings. The van der Waals surface area contributed by atoms with Gasteiger partial charge in [0.1, 0.15) is 5.60 Å². The number of halogens is 2. The highest BCUT2D eigenvalue weighted by molar-refractivity contribution is 7.94. The highest BCUT2D eigenvalue weighted by atomic mass is 32.2. The smallest absolute Gasteiger partial charge is 0.339 e. The Hall–Kier alpha value is -2.28. The van der Waals surface area contributed by atoms with Crippen LogP contribution in [0.15, 0.2) is 46.9 Å². The van der Waals surface area contributed by atoms with Crippen molar-refractivity contribution in [3.63, 3.8) is 0 Å². The highest BCUT2D eigenvalue weighted by Crippen LogP contribution is 2.46. The molecule has 2 aliphatic rings. The Bertz CT molecular complexity index is 1000. The Labute approximate surface area is 157 Å². The van der Waals surface area contributed by atoms with Gasteiger partial charge in [-0.25, -0.2) is 22.0 Å². The number of sulfone groups is 1. The van der Waals surface area contributed by atoms with Gasteiger partial charge in [-0.05, 0) is 49.1 Å². The fourth-order valence-corrected chi connectivity index (χ4v) is 4.26. The molecule has 0 saturated heterocycles. The quantitative estimate of drug-likeness (QED) is 0.726. The first-order valence-electron chi connectivity index (χ1n) is 8.58. The summed E-state index contributed by atoms with van der Waals surface area (Å²) in [4.78, 5) is 12.8. The highest BCUT2D eigenvalue weighted by Gasteiger charge is 2.45. The molecule has 0 fully saturated rings. The second kappa shape index (κ2) is 6.71. The van der Waals surface area contributed by atoms with E-state index in [1.54, 1.807) is 19.1 Å². The van der Waals surface area contributed by atoms with Crippen molar-refractivity contribution in [1.29, 1.82) is 0 Å². The molecule has 144 valence electrons. The molecule has 0 aromatic heterocycles. The van der Waals surface area contributed by atoms with Crippen LogP contribution in [0.3, 0.4) is 0 Å². The van der Waals surface area contributed by atoms with Gasteiger partial charge < -0.3 is 4.74 Å². The van der Waals surface area contributed by atoms with Crippen LogP contribution in [0.1, 0.15) is 32.3 Å². The summed E-state index contributed by atoms with van der Waals surface area (Å²) in [6.07, 6.45) is 6.84. The molecule has 0 spiro atoms. The van der Waals surface area contributed by atoms with Crippen LogP contribution < -0.4 is 0 Å². The third-order valence-electron chi connectivity index (χ3n) is 5.11. The first-order valence-corrected chi connectivity index (χ1v) is 10.5. The SMILES string of the molecule is CC[C@@]1(C)OC(=O)C(c2ccc(F)c(F)c2)=C1C1C=CC(S(C)(=O)=O)=CC1.